The largest absolute Gasteiger partial charge is 0.496 e. The summed E-state index contributed by atoms with van der Waals surface area (Å²) in [7, 11) is 1.69. The second-order valence-corrected chi connectivity index (χ2v) is 6.98. The van der Waals surface area contributed by atoms with Crippen LogP contribution < -0.4 is 10.1 Å². The van der Waals surface area contributed by atoms with Gasteiger partial charge in [0.2, 0.25) is 0 Å². The number of ether oxygens (including phenoxy) is 1. The van der Waals surface area contributed by atoms with Crippen LogP contribution in [0.25, 0.3) is 0 Å². The third kappa shape index (κ3) is 3.57. The molecule has 1 atom stereocenters. The Morgan fingerprint density at radius 3 is 2.25 bits per heavy atom. The highest BCUT2D eigenvalue weighted by molar-refractivity contribution is 9.11. The van der Waals surface area contributed by atoms with E-state index in [2.05, 4.69) is 66.1 Å². The molecule has 0 radical (unpaired) electrons. The summed E-state index contributed by atoms with van der Waals surface area (Å²) in [6.45, 7) is 2.11. The van der Waals surface area contributed by atoms with Crippen LogP contribution in [0.4, 0.5) is 5.69 Å². The summed E-state index contributed by atoms with van der Waals surface area (Å²) >= 11 is 10.6. The maximum absolute atomic E-state index is 5.41. The molecule has 0 bridgehead atoms. The minimum Gasteiger partial charge on any atom is -0.496 e. The van der Waals surface area contributed by atoms with Gasteiger partial charge >= 0.3 is 0 Å². The normalized spacial score (nSPS) is 12.1. The Bertz CT molecular complexity index is 593. The fraction of sp³-hybridized carbons (Fsp3) is 0.200. The van der Waals surface area contributed by atoms with Crippen molar-refractivity contribution < 1.29 is 4.74 Å². The van der Waals surface area contributed by atoms with Crippen LogP contribution in [-0.4, -0.2) is 7.11 Å². The van der Waals surface area contributed by atoms with Crippen LogP contribution in [0.5, 0.6) is 5.75 Å². The topological polar surface area (TPSA) is 21.3 Å². The van der Waals surface area contributed by atoms with Gasteiger partial charge in [0, 0.05) is 19.0 Å². The molecule has 0 aliphatic heterocycles. The van der Waals surface area contributed by atoms with Crippen molar-refractivity contribution in [1.29, 1.82) is 0 Å². The molecular weight excluding hydrogens is 450 g/mol. The summed E-state index contributed by atoms with van der Waals surface area (Å²) in [6, 6.07) is 12.2. The maximum atomic E-state index is 5.41. The Morgan fingerprint density at radius 2 is 1.65 bits per heavy atom. The standard InChI is InChI=1S/C15H14Br3NO/c1-9(11-5-3-4-6-14(11)20-2)19-15-12(17)7-10(16)8-13(15)18/h3-9,19H,1-2H3. The molecule has 2 rings (SSSR count). The maximum Gasteiger partial charge on any atom is 0.124 e. The number of methoxy groups -OCH3 is 1. The van der Waals surface area contributed by atoms with E-state index in [1.165, 1.54) is 0 Å². The molecule has 0 saturated carbocycles. The Balaban J connectivity index is 2.30. The summed E-state index contributed by atoms with van der Waals surface area (Å²) in [5.74, 6) is 0.886. The smallest absolute Gasteiger partial charge is 0.124 e. The number of para-hydroxylation sites is 1. The zero-order valence-electron chi connectivity index (χ0n) is 11.1. The van der Waals surface area contributed by atoms with Crippen LogP contribution in [-0.2, 0) is 0 Å². The number of nitrogens with one attached hydrogen (secondary N) is 1. The van der Waals surface area contributed by atoms with Crippen molar-refractivity contribution >= 4 is 53.5 Å². The molecule has 1 unspecified atom stereocenters. The molecule has 0 aliphatic carbocycles. The van der Waals surface area contributed by atoms with Crippen molar-refractivity contribution in [2.75, 3.05) is 12.4 Å². The van der Waals surface area contributed by atoms with Gasteiger partial charge in [-0.1, -0.05) is 34.1 Å². The average molecular weight is 464 g/mol. The van der Waals surface area contributed by atoms with E-state index < -0.39 is 0 Å². The van der Waals surface area contributed by atoms with Gasteiger partial charge in [0.25, 0.3) is 0 Å². The fourth-order valence-corrected chi connectivity index (χ4v) is 4.49. The highest BCUT2D eigenvalue weighted by Gasteiger charge is 2.14. The van der Waals surface area contributed by atoms with Gasteiger partial charge in [0.1, 0.15) is 5.75 Å². The number of hydrogen-bond acceptors (Lipinski definition) is 2. The van der Waals surface area contributed by atoms with Crippen molar-refractivity contribution in [3.8, 4) is 5.75 Å². The molecule has 0 aromatic heterocycles. The molecule has 106 valence electrons. The summed E-state index contributed by atoms with van der Waals surface area (Å²) in [5.41, 5.74) is 2.14. The molecule has 2 aromatic rings. The molecule has 20 heavy (non-hydrogen) atoms. The predicted octanol–water partition coefficient (Wildman–Crippen LogP) is 6.16. The van der Waals surface area contributed by atoms with Crippen molar-refractivity contribution in [3.05, 3.63) is 55.4 Å². The van der Waals surface area contributed by atoms with E-state index in [4.69, 9.17) is 4.74 Å². The van der Waals surface area contributed by atoms with Gasteiger partial charge in [-0.25, -0.2) is 0 Å². The number of anilines is 1. The Morgan fingerprint density at radius 1 is 1.05 bits per heavy atom. The first-order valence-electron chi connectivity index (χ1n) is 6.07. The fourth-order valence-electron chi connectivity index (χ4n) is 2.00. The van der Waals surface area contributed by atoms with Crippen LogP contribution in [0.3, 0.4) is 0 Å². The van der Waals surface area contributed by atoms with Gasteiger partial charge in [-0.15, -0.1) is 0 Å². The second kappa shape index (κ2) is 6.96. The molecule has 0 aliphatic rings. The molecule has 2 nitrogen and oxygen atoms in total. The minimum atomic E-state index is 0.125. The summed E-state index contributed by atoms with van der Waals surface area (Å²) in [5, 5.41) is 3.50. The molecule has 5 heteroatoms. The van der Waals surface area contributed by atoms with E-state index >= 15 is 0 Å². The van der Waals surface area contributed by atoms with Gasteiger partial charge in [-0.2, -0.15) is 0 Å². The highest BCUT2D eigenvalue weighted by atomic mass is 79.9. The molecular formula is C15H14Br3NO. The Hall–Kier alpha value is -0.520. The van der Waals surface area contributed by atoms with Gasteiger partial charge in [0.15, 0.2) is 0 Å². The van der Waals surface area contributed by atoms with Crippen molar-refractivity contribution in [2.24, 2.45) is 0 Å². The lowest BCUT2D eigenvalue weighted by Crippen LogP contribution is -2.09. The summed E-state index contributed by atoms with van der Waals surface area (Å²) < 4.78 is 8.43. The lowest BCUT2D eigenvalue weighted by atomic mass is 10.1. The Labute approximate surface area is 144 Å². The predicted molar refractivity (Wildman–Crippen MR) is 94.6 cm³/mol. The third-order valence-electron chi connectivity index (χ3n) is 2.97. The van der Waals surface area contributed by atoms with Gasteiger partial charge in [-0.3, -0.25) is 0 Å². The van der Waals surface area contributed by atoms with E-state index in [1.807, 2.05) is 30.3 Å². The first-order valence-corrected chi connectivity index (χ1v) is 8.45. The van der Waals surface area contributed by atoms with E-state index in [9.17, 15) is 0 Å². The molecule has 0 spiro atoms. The zero-order valence-corrected chi connectivity index (χ0v) is 15.8. The number of halogens is 3. The lowest BCUT2D eigenvalue weighted by Gasteiger charge is -2.20. The van der Waals surface area contributed by atoms with E-state index in [1.54, 1.807) is 7.11 Å². The molecule has 0 fully saturated rings. The monoisotopic (exact) mass is 461 g/mol. The molecule has 2 aromatic carbocycles. The van der Waals surface area contributed by atoms with Crippen LogP contribution in [0.2, 0.25) is 0 Å². The van der Waals surface area contributed by atoms with Crippen molar-refractivity contribution in [3.63, 3.8) is 0 Å². The quantitative estimate of drug-likeness (QED) is 0.586. The van der Waals surface area contributed by atoms with Crippen LogP contribution >= 0.6 is 47.8 Å². The van der Waals surface area contributed by atoms with Crippen LogP contribution in [0.15, 0.2) is 49.8 Å². The molecule has 0 amide bonds. The van der Waals surface area contributed by atoms with Gasteiger partial charge < -0.3 is 10.1 Å². The SMILES string of the molecule is COc1ccccc1C(C)Nc1c(Br)cc(Br)cc1Br. The molecule has 0 saturated heterocycles. The van der Waals surface area contributed by atoms with Crippen LogP contribution in [0, 0.1) is 0 Å². The zero-order chi connectivity index (χ0) is 14.7. The second-order valence-electron chi connectivity index (χ2n) is 4.35. The van der Waals surface area contributed by atoms with E-state index in [-0.39, 0.29) is 6.04 Å². The molecule has 1 N–H and O–H groups in total. The summed E-state index contributed by atoms with van der Waals surface area (Å²) in [6.07, 6.45) is 0. The first kappa shape index (κ1) is 15.9. The Kier molecular flexibility index (Phi) is 5.52. The van der Waals surface area contributed by atoms with Gasteiger partial charge in [0.05, 0.1) is 18.8 Å². The number of hydrogen-bond donors (Lipinski definition) is 1. The van der Waals surface area contributed by atoms with Gasteiger partial charge in [-0.05, 0) is 57.0 Å². The lowest BCUT2D eigenvalue weighted by molar-refractivity contribution is 0.408. The minimum absolute atomic E-state index is 0.125. The van der Waals surface area contributed by atoms with Crippen LogP contribution in [0.1, 0.15) is 18.5 Å². The summed E-state index contributed by atoms with van der Waals surface area (Å²) in [4.78, 5) is 0. The highest BCUT2D eigenvalue weighted by Crippen LogP contribution is 2.37. The average Bonchev–Trinajstić information content (AvgIpc) is 2.42. The van der Waals surface area contributed by atoms with Crippen molar-refractivity contribution in [1.82, 2.24) is 0 Å². The van der Waals surface area contributed by atoms with Crippen molar-refractivity contribution in [2.45, 2.75) is 13.0 Å². The number of benzene rings is 2. The van der Waals surface area contributed by atoms with E-state index in [0.29, 0.717) is 0 Å². The first-order chi connectivity index (χ1) is 9.52. The number of rotatable bonds is 4. The molecule has 0 heterocycles. The third-order valence-corrected chi connectivity index (χ3v) is 4.68. The van der Waals surface area contributed by atoms with E-state index in [0.717, 1.165) is 30.4 Å².